The number of hydrogen-bond donors (Lipinski definition) is 2. The van der Waals surface area contributed by atoms with Crippen LogP contribution in [0.15, 0.2) is 18.3 Å². The summed E-state index contributed by atoms with van der Waals surface area (Å²) in [6.07, 6.45) is 3.12. The lowest BCUT2D eigenvalue weighted by molar-refractivity contribution is -0.121. The zero-order valence-corrected chi connectivity index (χ0v) is 19.9. The summed E-state index contributed by atoms with van der Waals surface area (Å²) in [7, 11) is 3.71. The summed E-state index contributed by atoms with van der Waals surface area (Å²) in [5.74, 6) is 2.25. The van der Waals surface area contributed by atoms with Crippen LogP contribution in [-0.4, -0.2) is 48.0 Å². The maximum atomic E-state index is 12.8. The molecule has 0 aliphatic carbocycles. The smallest absolute Gasteiger partial charge is 0.228 e. The van der Waals surface area contributed by atoms with Crippen LogP contribution in [0.1, 0.15) is 38.2 Å². The van der Waals surface area contributed by atoms with E-state index in [4.69, 9.17) is 15.2 Å². The van der Waals surface area contributed by atoms with Gasteiger partial charge in [-0.05, 0) is 73.6 Å². The maximum Gasteiger partial charge on any atom is 0.228 e. The number of nitrogens with one attached hydrogen (secondary N) is 1. The second-order valence-electron chi connectivity index (χ2n) is 7.79. The Labute approximate surface area is 190 Å². The lowest BCUT2D eigenvalue weighted by atomic mass is 9.96. The summed E-state index contributed by atoms with van der Waals surface area (Å²) in [6, 6.07) is 3.88. The minimum atomic E-state index is -0.0700. The van der Waals surface area contributed by atoms with Gasteiger partial charge >= 0.3 is 0 Å². The Balaban J connectivity index is 1.87. The van der Waals surface area contributed by atoms with E-state index in [-0.39, 0.29) is 29.5 Å². The highest BCUT2D eigenvalue weighted by molar-refractivity contribution is 14.1. The molecule has 1 saturated heterocycles. The molecule has 2 aromatic rings. The number of piperidine rings is 1. The van der Waals surface area contributed by atoms with Crippen LogP contribution in [0.25, 0.3) is 0 Å². The highest BCUT2D eigenvalue weighted by Crippen LogP contribution is 2.38. The van der Waals surface area contributed by atoms with E-state index >= 15 is 0 Å². The first-order valence-corrected chi connectivity index (χ1v) is 11.0. The van der Waals surface area contributed by atoms with Crippen LogP contribution in [0.5, 0.6) is 17.2 Å². The van der Waals surface area contributed by atoms with Crippen LogP contribution in [0.4, 0.5) is 11.8 Å². The molecule has 1 fully saturated rings. The summed E-state index contributed by atoms with van der Waals surface area (Å²) in [4.78, 5) is 23.3. The van der Waals surface area contributed by atoms with Crippen LogP contribution in [0.3, 0.4) is 0 Å². The van der Waals surface area contributed by atoms with Gasteiger partial charge in [-0.2, -0.15) is 4.98 Å². The number of benzene rings is 1. The lowest BCUT2D eigenvalue weighted by Crippen LogP contribution is -2.36. The monoisotopic (exact) mass is 525 g/mol. The van der Waals surface area contributed by atoms with Crippen molar-refractivity contribution in [3.05, 3.63) is 27.5 Å². The summed E-state index contributed by atoms with van der Waals surface area (Å²) in [5, 5.41) is 2.90. The first-order valence-electron chi connectivity index (χ1n) is 9.95. The zero-order chi connectivity index (χ0) is 21.8. The summed E-state index contributed by atoms with van der Waals surface area (Å²) in [6.45, 7) is 5.96. The van der Waals surface area contributed by atoms with Crippen molar-refractivity contribution in [2.75, 3.05) is 38.3 Å². The largest absolute Gasteiger partial charge is 0.496 e. The SMILES string of the molecule is COc1cc(C(C)C)c(Oc2cnc(N)nc2NC(=O)C2CCN(C)CC2)cc1I. The van der Waals surface area contributed by atoms with Crippen molar-refractivity contribution in [1.82, 2.24) is 14.9 Å². The molecule has 2 heterocycles. The standard InChI is InChI=1S/C21H28IN5O3/c1-12(2)14-9-17(29-4)15(22)10-16(14)30-18-11-24-21(23)26-19(18)25-20(28)13-5-7-27(3)8-6-13/h9-13H,5-8H2,1-4H3,(H3,23,24,25,26,28). The third-order valence-electron chi connectivity index (χ3n) is 5.23. The van der Waals surface area contributed by atoms with Crippen LogP contribution in [-0.2, 0) is 4.79 Å². The second-order valence-corrected chi connectivity index (χ2v) is 8.95. The molecule has 0 atom stereocenters. The molecule has 1 aromatic heterocycles. The minimum absolute atomic E-state index is 0.0570. The average Bonchev–Trinajstić information content (AvgIpc) is 2.70. The number of amides is 1. The number of hydrogen-bond acceptors (Lipinski definition) is 7. The van der Waals surface area contributed by atoms with Gasteiger partial charge in [0.2, 0.25) is 11.9 Å². The quantitative estimate of drug-likeness (QED) is 0.553. The van der Waals surface area contributed by atoms with Gasteiger partial charge in [0, 0.05) is 11.5 Å². The topological polar surface area (TPSA) is 103 Å². The number of nitrogen functional groups attached to an aromatic ring is 1. The van der Waals surface area contributed by atoms with Gasteiger partial charge in [-0.25, -0.2) is 4.98 Å². The van der Waals surface area contributed by atoms with E-state index in [1.807, 2.05) is 12.1 Å². The second kappa shape index (κ2) is 9.78. The Morgan fingerprint density at radius 3 is 2.60 bits per heavy atom. The van der Waals surface area contributed by atoms with E-state index in [1.54, 1.807) is 7.11 Å². The number of likely N-dealkylation sites (tertiary alicyclic amines) is 1. The summed E-state index contributed by atoms with van der Waals surface area (Å²) < 4.78 is 12.5. The van der Waals surface area contributed by atoms with Gasteiger partial charge in [-0.3, -0.25) is 4.79 Å². The van der Waals surface area contributed by atoms with Crippen molar-refractivity contribution in [2.24, 2.45) is 5.92 Å². The molecule has 8 nitrogen and oxygen atoms in total. The van der Waals surface area contributed by atoms with Crippen molar-refractivity contribution >= 4 is 40.3 Å². The lowest BCUT2D eigenvalue weighted by Gasteiger charge is -2.28. The normalized spacial score (nSPS) is 15.3. The van der Waals surface area contributed by atoms with E-state index in [1.165, 1.54) is 6.20 Å². The molecular formula is C21H28IN5O3. The maximum absolute atomic E-state index is 12.8. The van der Waals surface area contributed by atoms with Crippen LogP contribution in [0.2, 0.25) is 0 Å². The van der Waals surface area contributed by atoms with Gasteiger partial charge in [0.25, 0.3) is 0 Å². The number of nitrogens with zero attached hydrogens (tertiary/aromatic N) is 3. The fourth-order valence-electron chi connectivity index (χ4n) is 3.40. The van der Waals surface area contributed by atoms with Gasteiger partial charge < -0.3 is 25.4 Å². The number of aromatic nitrogens is 2. The van der Waals surface area contributed by atoms with Gasteiger partial charge in [0.15, 0.2) is 11.6 Å². The number of carbonyl (C=O) groups is 1. The summed E-state index contributed by atoms with van der Waals surface area (Å²) in [5.41, 5.74) is 6.76. The molecule has 30 heavy (non-hydrogen) atoms. The number of halogens is 1. The van der Waals surface area contributed by atoms with E-state index in [0.29, 0.717) is 11.5 Å². The molecule has 0 spiro atoms. The molecule has 0 radical (unpaired) electrons. The predicted molar refractivity (Wildman–Crippen MR) is 125 cm³/mol. The number of carbonyl (C=O) groups excluding carboxylic acids is 1. The zero-order valence-electron chi connectivity index (χ0n) is 17.7. The highest BCUT2D eigenvalue weighted by Gasteiger charge is 2.25. The number of methoxy groups -OCH3 is 1. The Morgan fingerprint density at radius 1 is 1.27 bits per heavy atom. The van der Waals surface area contributed by atoms with Crippen molar-refractivity contribution in [1.29, 1.82) is 0 Å². The third-order valence-corrected chi connectivity index (χ3v) is 6.07. The van der Waals surface area contributed by atoms with Gasteiger partial charge in [0.05, 0.1) is 16.9 Å². The molecule has 0 bridgehead atoms. The van der Waals surface area contributed by atoms with E-state index in [0.717, 1.165) is 40.8 Å². The molecule has 1 aliphatic heterocycles. The van der Waals surface area contributed by atoms with E-state index in [9.17, 15) is 4.79 Å². The predicted octanol–water partition coefficient (Wildman–Crippen LogP) is 3.87. The number of nitrogens with two attached hydrogens (primary N) is 1. The molecule has 0 saturated carbocycles. The van der Waals surface area contributed by atoms with Gasteiger partial charge in [-0.15, -0.1) is 0 Å². The van der Waals surface area contributed by atoms with Crippen molar-refractivity contribution < 1.29 is 14.3 Å². The van der Waals surface area contributed by atoms with Crippen molar-refractivity contribution in [2.45, 2.75) is 32.6 Å². The number of rotatable bonds is 6. The molecule has 3 rings (SSSR count). The van der Waals surface area contributed by atoms with Crippen LogP contribution < -0.4 is 20.5 Å². The molecule has 9 heteroatoms. The molecule has 1 aliphatic rings. The Bertz CT molecular complexity index is 914. The fourth-order valence-corrected chi connectivity index (χ4v) is 4.06. The Hall–Kier alpha value is -2.14. The summed E-state index contributed by atoms with van der Waals surface area (Å²) >= 11 is 2.20. The van der Waals surface area contributed by atoms with Gasteiger partial charge in [0.1, 0.15) is 11.5 Å². The van der Waals surface area contributed by atoms with Crippen LogP contribution >= 0.6 is 22.6 Å². The highest BCUT2D eigenvalue weighted by atomic mass is 127. The third kappa shape index (κ3) is 5.31. The molecule has 162 valence electrons. The Kier molecular flexibility index (Phi) is 7.35. The molecule has 1 aromatic carbocycles. The van der Waals surface area contributed by atoms with E-state index < -0.39 is 0 Å². The average molecular weight is 525 g/mol. The Morgan fingerprint density at radius 2 is 1.97 bits per heavy atom. The fraction of sp³-hybridized carbons (Fsp3) is 0.476. The molecular weight excluding hydrogens is 497 g/mol. The first-order chi connectivity index (χ1) is 14.3. The van der Waals surface area contributed by atoms with Crippen molar-refractivity contribution in [3.8, 4) is 17.2 Å². The minimum Gasteiger partial charge on any atom is -0.496 e. The van der Waals surface area contributed by atoms with Crippen LogP contribution in [0, 0.1) is 9.49 Å². The van der Waals surface area contributed by atoms with Crippen molar-refractivity contribution in [3.63, 3.8) is 0 Å². The molecule has 1 amide bonds. The van der Waals surface area contributed by atoms with Gasteiger partial charge in [-0.1, -0.05) is 13.8 Å². The number of ether oxygens (including phenoxy) is 2. The molecule has 0 unspecified atom stereocenters. The number of anilines is 2. The first kappa shape index (κ1) is 22.5. The molecule has 3 N–H and O–H groups in total. The van der Waals surface area contributed by atoms with E-state index in [2.05, 4.69) is 63.7 Å².